The summed E-state index contributed by atoms with van der Waals surface area (Å²) >= 11 is 3.52. The monoisotopic (exact) mass is 271 g/mol. The van der Waals surface area contributed by atoms with Crippen LogP contribution in [0, 0.1) is 5.92 Å². The van der Waals surface area contributed by atoms with E-state index >= 15 is 0 Å². The third-order valence-corrected chi connectivity index (χ3v) is 4.96. The van der Waals surface area contributed by atoms with Gasteiger partial charge < -0.3 is 5.32 Å². The molecule has 5 heteroatoms. The minimum absolute atomic E-state index is 0.648. The summed E-state index contributed by atoms with van der Waals surface area (Å²) in [7, 11) is 0. The van der Waals surface area contributed by atoms with Crippen LogP contribution in [-0.4, -0.2) is 21.2 Å². The van der Waals surface area contributed by atoms with E-state index in [4.69, 9.17) is 0 Å². The first-order valence-corrected chi connectivity index (χ1v) is 8.24. The first-order chi connectivity index (χ1) is 8.24. The molecule has 1 N–H and O–H groups in total. The molecule has 2 rings (SSSR count). The fraction of sp³-hybridized carbons (Fsp3) is 0.833. The highest BCUT2D eigenvalue weighted by Crippen LogP contribution is 2.31. The van der Waals surface area contributed by atoms with Gasteiger partial charge in [-0.3, -0.25) is 0 Å². The summed E-state index contributed by atoms with van der Waals surface area (Å²) in [5.41, 5.74) is 0. The standard InChI is InChI=1S/C12H21N3S2/c1-9(2)7-13-12-14-11(15-17-12)8-16-10-5-3-4-6-10/h9-10H,3-8H2,1-2H3,(H,13,14,15). The molecule has 3 nitrogen and oxygen atoms in total. The highest BCUT2D eigenvalue weighted by atomic mass is 32.2. The SMILES string of the molecule is CC(C)CNc1nc(CSC2CCCC2)ns1. The molecule has 0 saturated heterocycles. The summed E-state index contributed by atoms with van der Waals surface area (Å²) in [5, 5.41) is 5.15. The van der Waals surface area contributed by atoms with Crippen molar-refractivity contribution >= 4 is 28.4 Å². The minimum Gasteiger partial charge on any atom is -0.360 e. The van der Waals surface area contributed by atoms with Crippen LogP contribution in [-0.2, 0) is 5.75 Å². The van der Waals surface area contributed by atoms with Crippen molar-refractivity contribution in [1.29, 1.82) is 0 Å². The Balaban J connectivity index is 1.73. The van der Waals surface area contributed by atoms with Crippen molar-refractivity contribution in [2.75, 3.05) is 11.9 Å². The van der Waals surface area contributed by atoms with Crippen molar-refractivity contribution < 1.29 is 0 Å². The van der Waals surface area contributed by atoms with Gasteiger partial charge in [-0.25, -0.2) is 4.98 Å². The Morgan fingerprint density at radius 3 is 2.88 bits per heavy atom. The zero-order valence-corrected chi connectivity index (χ0v) is 12.2. The molecular weight excluding hydrogens is 250 g/mol. The van der Waals surface area contributed by atoms with Crippen molar-refractivity contribution in [2.24, 2.45) is 5.92 Å². The molecule has 1 aromatic heterocycles. The molecule has 0 radical (unpaired) electrons. The number of hydrogen-bond acceptors (Lipinski definition) is 5. The quantitative estimate of drug-likeness (QED) is 0.854. The van der Waals surface area contributed by atoms with E-state index in [9.17, 15) is 0 Å². The molecule has 1 heterocycles. The largest absolute Gasteiger partial charge is 0.360 e. The Morgan fingerprint density at radius 1 is 1.41 bits per heavy atom. The van der Waals surface area contributed by atoms with E-state index in [0.717, 1.165) is 28.5 Å². The van der Waals surface area contributed by atoms with Crippen LogP contribution in [0.5, 0.6) is 0 Å². The zero-order chi connectivity index (χ0) is 12.1. The van der Waals surface area contributed by atoms with Crippen LogP contribution in [0.25, 0.3) is 0 Å². The van der Waals surface area contributed by atoms with Gasteiger partial charge >= 0.3 is 0 Å². The maximum Gasteiger partial charge on any atom is 0.202 e. The smallest absolute Gasteiger partial charge is 0.202 e. The molecular formula is C12H21N3S2. The summed E-state index contributed by atoms with van der Waals surface area (Å²) < 4.78 is 4.40. The number of anilines is 1. The molecule has 0 atom stereocenters. The lowest BCUT2D eigenvalue weighted by Gasteiger charge is -2.05. The lowest BCUT2D eigenvalue weighted by molar-refractivity contribution is 0.688. The maximum absolute atomic E-state index is 4.52. The molecule has 0 spiro atoms. The van der Waals surface area contributed by atoms with E-state index in [1.54, 1.807) is 0 Å². The zero-order valence-electron chi connectivity index (χ0n) is 10.6. The molecule has 1 aromatic rings. The van der Waals surface area contributed by atoms with Crippen molar-refractivity contribution in [3.63, 3.8) is 0 Å². The fourth-order valence-electron chi connectivity index (χ4n) is 1.92. The van der Waals surface area contributed by atoms with Crippen LogP contribution in [0.2, 0.25) is 0 Å². The lowest BCUT2D eigenvalue weighted by Crippen LogP contribution is -2.07. The average Bonchev–Trinajstić information content (AvgIpc) is 2.95. The first kappa shape index (κ1) is 13.1. The normalized spacial score (nSPS) is 16.9. The van der Waals surface area contributed by atoms with Crippen LogP contribution in [0.3, 0.4) is 0 Å². The second-order valence-corrected chi connectivity index (χ2v) is 7.05. The van der Waals surface area contributed by atoms with Gasteiger partial charge in [0.25, 0.3) is 0 Å². The van der Waals surface area contributed by atoms with Gasteiger partial charge in [0.2, 0.25) is 5.13 Å². The molecule has 0 aromatic carbocycles. The number of nitrogens with zero attached hydrogens (tertiary/aromatic N) is 2. The molecule has 1 aliphatic carbocycles. The molecule has 1 fully saturated rings. The second kappa shape index (κ2) is 6.59. The number of nitrogens with one attached hydrogen (secondary N) is 1. The van der Waals surface area contributed by atoms with Gasteiger partial charge in [0, 0.05) is 23.3 Å². The Morgan fingerprint density at radius 2 is 2.18 bits per heavy atom. The third kappa shape index (κ3) is 4.47. The van der Waals surface area contributed by atoms with Gasteiger partial charge in [0.05, 0.1) is 5.75 Å². The van der Waals surface area contributed by atoms with Crippen LogP contribution in [0.15, 0.2) is 0 Å². The van der Waals surface area contributed by atoms with Gasteiger partial charge in [0.15, 0.2) is 5.82 Å². The molecule has 1 saturated carbocycles. The molecule has 0 amide bonds. The Hall–Kier alpha value is -0.290. The van der Waals surface area contributed by atoms with E-state index in [1.807, 2.05) is 11.8 Å². The van der Waals surface area contributed by atoms with Gasteiger partial charge in [-0.1, -0.05) is 26.7 Å². The lowest BCUT2D eigenvalue weighted by atomic mass is 10.2. The Labute approximate surface area is 112 Å². The van der Waals surface area contributed by atoms with Gasteiger partial charge in [-0.05, 0) is 18.8 Å². The van der Waals surface area contributed by atoms with E-state index < -0.39 is 0 Å². The van der Waals surface area contributed by atoms with Crippen LogP contribution in [0.4, 0.5) is 5.13 Å². The van der Waals surface area contributed by atoms with Gasteiger partial charge in [-0.15, -0.1) is 0 Å². The topological polar surface area (TPSA) is 37.8 Å². The van der Waals surface area contributed by atoms with Gasteiger partial charge in [-0.2, -0.15) is 16.1 Å². The van der Waals surface area contributed by atoms with E-state index in [2.05, 4.69) is 28.5 Å². The maximum atomic E-state index is 4.52. The number of aromatic nitrogens is 2. The predicted octanol–water partition coefficient (Wildman–Crippen LogP) is 3.78. The molecule has 0 aliphatic heterocycles. The van der Waals surface area contributed by atoms with E-state index in [1.165, 1.54) is 37.2 Å². The number of thioether (sulfide) groups is 1. The van der Waals surface area contributed by atoms with Crippen LogP contribution in [0.1, 0.15) is 45.4 Å². The predicted molar refractivity (Wildman–Crippen MR) is 76.8 cm³/mol. The molecule has 96 valence electrons. The molecule has 0 unspecified atom stereocenters. The molecule has 1 aliphatic rings. The second-order valence-electron chi connectivity index (χ2n) is 5.01. The van der Waals surface area contributed by atoms with E-state index in [0.29, 0.717) is 5.92 Å². The fourth-order valence-corrected chi connectivity index (χ4v) is 3.78. The molecule has 0 bridgehead atoms. The highest BCUT2D eigenvalue weighted by Gasteiger charge is 2.16. The van der Waals surface area contributed by atoms with Crippen molar-refractivity contribution in [1.82, 2.24) is 9.36 Å². The number of hydrogen-bond donors (Lipinski definition) is 1. The summed E-state index contributed by atoms with van der Waals surface area (Å²) in [5.74, 6) is 2.62. The van der Waals surface area contributed by atoms with Gasteiger partial charge in [0.1, 0.15) is 0 Å². The summed E-state index contributed by atoms with van der Waals surface area (Å²) in [6, 6.07) is 0. The third-order valence-electron chi connectivity index (χ3n) is 2.88. The molecule has 17 heavy (non-hydrogen) atoms. The first-order valence-electron chi connectivity index (χ1n) is 6.42. The summed E-state index contributed by atoms with van der Waals surface area (Å²) in [4.78, 5) is 4.52. The van der Waals surface area contributed by atoms with Crippen LogP contribution >= 0.6 is 23.3 Å². The van der Waals surface area contributed by atoms with Crippen molar-refractivity contribution in [3.8, 4) is 0 Å². The van der Waals surface area contributed by atoms with Crippen LogP contribution < -0.4 is 5.32 Å². The Bertz CT molecular complexity index is 332. The average molecular weight is 271 g/mol. The highest BCUT2D eigenvalue weighted by molar-refractivity contribution is 7.99. The summed E-state index contributed by atoms with van der Waals surface area (Å²) in [6.45, 7) is 5.38. The Kier molecular flexibility index (Phi) is 5.10. The minimum atomic E-state index is 0.648. The van der Waals surface area contributed by atoms with E-state index in [-0.39, 0.29) is 0 Å². The number of rotatable bonds is 6. The summed E-state index contributed by atoms with van der Waals surface area (Å²) in [6.07, 6.45) is 5.58. The van der Waals surface area contributed by atoms with Crippen molar-refractivity contribution in [2.45, 2.75) is 50.5 Å². The van der Waals surface area contributed by atoms with Crippen molar-refractivity contribution in [3.05, 3.63) is 5.82 Å².